The second-order valence-corrected chi connectivity index (χ2v) is 5.90. The molecule has 1 amide bonds. The lowest BCUT2D eigenvalue weighted by molar-refractivity contribution is -0.118. The standard InChI is InChI=1S/C16H17IN2O2/c1-3-12-4-6-14(7-5-12)21-10-15(20)19-16-11(2)8-13(17)9-18-16/h4-9H,3,10H2,1-2H3,(H,18,19,20). The second-order valence-electron chi connectivity index (χ2n) is 4.65. The van der Waals surface area contributed by atoms with E-state index in [4.69, 9.17) is 4.74 Å². The van der Waals surface area contributed by atoms with Crippen LogP contribution in [0.15, 0.2) is 36.5 Å². The molecule has 2 aromatic rings. The predicted molar refractivity (Wildman–Crippen MR) is 91.6 cm³/mol. The van der Waals surface area contributed by atoms with E-state index in [9.17, 15) is 4.79 Å². The van der Waals surface area contributed by atoms with Gasteiger partial charge in [0.1, 0.15) is 11.6 Å². The smallest absolute Gasteiger partial charge is 0.263 e. The summed E-state index contributed by atoms with van der Waals surface area (Å²) in [6.07, 6.45) is 2.70. The number of halogens is 1. The molecule has 21 heavy (non-hydrogen) atoms. The van der Waals surface area contributed by atoms with Crippen molar-refractivity contribution in [2.24, 2.45) is 0 Å². The molecule has 0 spiro atoms. The highest BCUT2D eigenvalue weighted by Gasteiger charge is 2.07. The second kappa shape index (κ2) is 7.40. The Labute approximate surface area is 138 Å². The van der Waals surface area contributed by atoms with Gasteiger partial charge in [-0.3, -0.25) is 4.79 Å². The summed E-state index contributed by atoms with van der Waals surface area (Å²) in [6, 6.07) is 9.71. The summed E-state index contributed by atoms with van der Waals surface area (Å²) in [4.78, 5) is 16.1. The van der Waals surface area contributed by atoms with E-state index in [-0.39, 0.29) is 12.5 Å². The van der Waals surface area contributed by atoms with E-state index in [1.807, 2.05) is 37.3 Å². The molecule has 0 radical (unpaired) electrons. The fraction of sp³-hybridized carbons (Fsp3) is 0.250. The van der Waals surface area contributed by atoms with Gasteiger partial charge in [-0.1, -0.05) is 19.1 Å². The molecule has 1 N–H and O–H groups in total. The minimum atomic E-state index is -0.216. The van der Waals surface area contributed by atoms with Crippen LogP contribution in [0.5, 0.6) is 5.75 Å². The molecule has 0 atom stereocenters. The third kappa shape index (κ3) is 4.70. The lowest BCUT2D eigenvalue weighted by Crippen LogP contribution is -2.21. The number of carbonyl (C=O) groups is 1. The van der Waals surface area contributed by atoms with Crippen molar-refractivity contribution in [2.45, 2.75) is 20.3 Å². The summed E-state index contributed by atoms with van der Waals surface area (Å²) in [5.74, 6) is 1.05. The maximum absolute atomic E-state index is 11.9. The lowest BCUT2D eigenvalue weighted by atomic mass is 10.2. The van der Waals surface area contributed by atoms with E-state index < -0.39 is 0 Å². The number of benzene rings is 1. The molecule has 110 valence electrons. The molecule has 0 unspecified atom stereocenters. The number of nitrogens with one attached hydrogen (secondary N) is 1. The molecule has 1 heterocycles. The summed E-state index contributed by atoms with van der Waals surface area (Å²) < 4.78 is 6.50. The molecule has 0 saturated carbocycles. The molecule has 0 aliphatic rings. The SMILES string of the molecule is CCc1ccc(OCC(=O)Nc2ncc(I)cc2C)cc1. The van der Waals surface area contributed by atoms with Crippen LogP contribution in [0, 0.1) is 10.5 Å². The average Bonchev–Trinajstić information content (AvgIpc) is 2.48. The van der Waals surface area contributed by atoms with Gasteiger partial charge in [0.15, 0.2) is 6.61 Å². The van der Waals surface area contributed by atoms with Crippen LogP contribution in [0.4, 0.5) is 5.82 Å². The molecule has 1 aromatic carbocycles. The van der Waals surface area contributed by atoms with Crippen molar-refractivity contribution in [1.82, 2.24) is 4.98 Å². The van der Waals surface area contributed by atoms with Crippen LogP contribution in [0.1, 0.15) is 18.1 Å². The largest absolute Gasteiger partial charge is 0.484 e. The highest BCUT2D eigenvalue weighted by atomic mass is 127. The Morgan fingerprint density at radius 2 is 2.05 bits per heavy atom. The number of hydrogen-bond donors (Lipinski definition) is 1. The quantitative estimate of drug-likeness (QED) is 0.787. The van der Waals surface area contributed by atoms with Gasteiger partial charge in [-0.05, 0) is 65.3 Å². The van der Waals surface area contributed by atoms with Gasteiger partial charge < -0.3 is 10.1 Å². The Morgan fingerprint density at radius 1 is 1.33 bits per heavy atom. The summed E-state index contributed by atoms with van der Waals surface area (Å²) in [5, 5.41) is 2.75. The van der Waals surface area contributed by atoms with Gasteiger partial charge in [-0.15, -0.1) is 0 Å². The van der Waals surface area contributed by atoms with E-state index in [1.54, 1.807) is 6.20 Å². The minimum absolute atomic E-state index is 0.0292. The highest BCUT2D eigenvalue weighted by molar-refractivity contribution is 14.1. The fourth-order valence-electron chi connectivity index (χ4n) is 1.81. The van der Waals surface area contributed by atoms with Crippen LogP contribution in [0.2, 0.25) is 0 Å². The molecule has 2 rings (SSSR count). The number of nitrogens with zero attached hydrogens (tertiary/aromatic N) is 1. The zero-order valence-corrected chi connectivity index (χ0v) is 14.2. The van der Waals surface area contributed by atoms with E-state index in [0.29, 0.717) is 11.6 Å². The van der Waals surface area contributed by atoms with Crippen LogP contribution >= 0.6 is 22.6 Å². The molecular weight excluding hydrogens is 379 g/mol. The van der Waals surface area contributed by atoms with Gasteiger partial charge in [-0.25, -0.2) is 4.98 Å². The average molecular weight is 396 g/mol. The van der Waals surface area contributed by atoms with Crippen molar-refractivity contribution in [3.8, 4) is 5.75 Å². The van der Waals surface area contributed by atoms with Crippen molar-refractivity contribution >= 4 is 34.3 Å². The molecule has 0 bridgehead atoms. The van der Waals surface area contributed by atoms with Gasteiger partial charge in [0, 0.05) is 9.77 Å². The Morgan fingerprint density at radius 3 is 2.67 bits per heavy atom. The number of aryl methyl sites for hydroxylation is 2. The molecule has 0 fully saturated rings. The topological polar surface area (TPSA) is 51.2 Å². The van der Waals surface area contributed by atoms with Crippen LogP contribution in [0.3, 0.4) is 0 Å². The summed E-state index contributed by atoms with van der Waals surface area (Å²) >= 11 is 2.19. The number of hydrogen-bond acceptors (Lipinski definition) is 3. The van der Waals surface area contributed by atoms with Gasteiger partial charge >= 0.3 is 0 Å². The van der Waals surface area contributed by atoms with Gasteiger partial charge in [0.05, 0.1) is 0 Å². The number of carbonyl (C=O) groups excluding carboxylic acids is 1. The van der Waals surface area contributed by atoms with Crippen LogP contribution < -0.4 is 10.1 Å². The molecule has 0 saturated heterocycles. The number of anilines is 1. The van der Waals surface area contributed by atoms with Crippen molar-refractivity contribution in [1.29, 1.82) is 0 Å². The number of rotatable bonds is 5. The van der Waals surface area contributed by atoms with Crippen LogP contribution in [-0.2, 0) is 11.2 Å². The van der Waals surface area contributed by atoms with Crippen molar-refractivity contribution < 1.29 is 9.53 Å². The molecule has 5 heteroatoms. The van der Waals surface area contributed by atoms with Gasteiger partial charge in [-0.2, -0.15) is 0 Å². The maximum Gasteiger partial charge on any atom is 0.263 e. The first-order valence-electron chi connectivity index (χ1n) is 6.72. The van der Waals surface area contributed by atoms with Crippen molar-refractivity contribution in [3.05, 3.63) is 51.2 Å². The van der Waals surface area contributed by atoms with Crippen LogP contribution in [-0.4, -0.2) is 17.5 Å². The summed E-state index contributed by atoms with van der Waals surface area (Å²) in [7, 11) is 0. The predicted octanol–water partition coefficient (Wildman–Crippen LogP) is 3.57. The van der Waals surface area contributed by atoms with Crippen molar-refractivity contribution in [2.75, 3.05) is 11.9 Å². The van der Waals surface area contributed by atoms with Gasteiger partial charge in [0.2, 0.25) is 0 Å². The molecule has 1 aromatic heterocycles. The molecule has 0 aliphatic heterocycles. The zero-order chi connectivity index (χ0) is 15.2. The van der Waals surface area contributed by atoms with Crippen LogP contribution in [0.25, 0.3) is 0 Å². The number of ether oxygens (including phenoxy) is 1. The Hall–Kier alpha value is -1.63. The highest BCUT2D eigenvalue weighted by Crippen LogP contribution is 2.15. The lowest BCUT2D eigenvalue weighted by Gasteiger charge is -2.09. The van der Waals surface area contributed by atoms with E-state index in [0.717, 1.165) is 15.6 Å². The third-order valence-corrected chi connectivity index (χ3v) is 3.59. The summed E-state index contributed by atoms with van der Waals surface area (Å²) in [6.45, 7) is 3.98. The Balaban J connectivity index is 1.89. The van der Waals surface area contributed by atoms with Crippen molar-refractivity contribution in [3.63, 3.8) is 0 Å². The number of pyridine rings is 1. The Bertz CT molecular complexity index is 627. The first-order valence-corrected chi connectivity index (χ1v) is 7.80. The normalized spacial score (nSPS) is 10.2. The number of aromatic nitrogens is 1. The molecular formula is C16H17IN2O2. The minimum Gasteiger partial charge on any atom is -0.484 e. The Kier molecular flexibility index (Phi) is 5.55. The summed E-state index contributed by atoms with van der Waals surface area (Å²) in [5.41, 5.74) is 2.17. The van der Waals surface area contributed by atoms with Gasteiger partial charge in [0.25, 0.3) is 5.91 Å². The van der Waals surface area contributed by atoms with E-state index in [1.165, 1.54) is 5.56 Å². The zero-order valence-electron chi connectivity index (χ0n) is 12.0. The number of amides is 1. The van der Waals surface area contributed by atoms with E-state index >= 15 is 0 Å². The molecule has 4 nitrogen and oxygen atoms in total. The first kappa shape index (κ1) is 15.8. The monoisotopic (exact) mass is 396 g/mol. The fourth-order valence-corrected chi connectivity index (χ4v) is 2.42. The molecule has 0 aliphatic carbocycles. The van der Waals surface area contributed by atoms with E-state index in [2.05, 4.69) is 39.8 Å². The maximum atomic E-state index is 11.9. The third-order valence-electron chi connectivity index (χ3n) is 3.00. The first-order chi connectivity index (χ1) is 10.1.